The average Bonchev–Trinajstić information content (AvgIpc) is 2.97. The second-order valence-corrected chi connectivity index (χ2v) is 6.25. The second-order valence-electron chi connectivity index (χ2n) is 5.11. The van der Waals surface area contributed by atoms with Crippen molar-refractivity contribution in [2.24, 2.45) is 0 Å². The number of carbonyl (C=O) groups is 1. The summed E-state index contributed by atoms with van der Waals surface area (Å²) in [4.78, 5) is 14.1. The van der Waals surface area contributed by atoms with Gasteiger partial charge in [-0.3, -0.25) is 0 Å². The van der Waals surface area contributed by atoms with Gasteiger partial charge >= 0.3 is 5.97 Å². The molecule has 0 saturated heterocycles. The van der Waals surface area contributed by atoms with Crippen molar-refractivity contribution in [1.82, 2.24) is 0 Å². The molecule has 3 rings (SSSR count). The van der Waals surface area contributed by atoms with Crippen LogP contribution in [0.4, 0.5) is 0 Å². The Morgan fingerprint density at radius 3 is 2.90 bits per heavy atom. The minimum atomic E-state index is -0.290. The van der Waals surface area contributed by atoms with Crippen LogP contribution < -0.4 is 0 Å². The lowest BCUT2D eigenvalue weighted by Crippen LogP contribution is -2.04. The van der Waals surface area contributed by atoms with Crippen molar-refractivity contribution in [3.8, 4) is 6.07 Å². The molecule has 0 spiro atoms. The summed E-state index contributed by atoms with van der Waals surface area (Å²) in [5.74, 6) is -0.290. The van der Waals surface area contributed by atoms with Crippen LogP contribution in [-0.4, -0.2) is 5.97 Å². The summed E-state index contributed by atoms with van der Waals surface area (Å²) in [6.45, 7) is 0.144. The molecule has 0 saturated carbocycles. The van der Waals surface area contributed by atoms with Crippen molar-refractivity contribution in [2.45, 2.75) is 32.3 Å². The molecular weight excluding hydrogens is 282 g/mol. The molecule has 1 heterocycles. The molecule has 1 aliphatic carbocycles. The van der Waals surface area contributed by atoms with E-state index in [4.69, 9.17) is 10.00 Å². The normalized spacial score (nSPS) is 13.3. The summed E-state index contributed by atoms with van der Waals surface area (Å²) < 4.78 is 5.35. The molecule has 0 radical (unpaired) electrons. The van der Waals surface area contributed by atoms with E-state index in [2.05, 4.69) is 6.07 Å². The molecule has 0 N–H and O–H groups in total. The van der Waals surface area contributed by atoms with E-state index in [0.717, 1.165) is 18.4 Å². The first kappa shape index (κ1) is 13.8. The third kappa shape index (κ3) is 2.98. The van der Waals surface area contributed by atoms with Gasteiger partial charge < -0.3 is 4.74 Å². The summed E-state index contributed by atoms with van der Waals surface area (Å²) in [7, 11) is 0. The minimum absolute atomic E-state index is 0.144. The molecule has 0 fully saturated rings. The van der Waals surface area contributed by atoms with Crippen LogP contribution >= 0.6 is 11.3 Å². The summed E-state index contributed by atoms with van der Waals surface area (Å²) in [6.07, 6.45) is 4.55. The predicted molar refractivity (Wildman–Crippen MR) is 81.2 cm³/mol. The van der Waals surface area contributed by atoms with Gasteiger partial charge in [0.15, 0.2) is 0 Å². The maximum atomic E-state index is 12.1. The highest BCUT2D eigenvalue weighted by atomic mass is 32.1. The third-order valence-electron chi connectivity index (χ3n) is 3.69. The molecule has 4 heteroatoms. The first-order chi connectivity index (χ1) is 10.3. The SMILES string of the molecule is N#Cc1ccccc1COC(=O)c1cc2c(s1)CCCC2. The van der Waals surface area contributed by atoms with Crippen LogP contribution in [0.2, 0.25) is 0 Å². The number of nitrogens with zero attached hydrogens (tertiary/aromatic N) is 1. The van der Waals surface area contributed by atoms with Crippen molar-refractivity contribution in [1.29, 1.82) is 5.26 Å². The largest absolute Gasteiger partial charge is 0.457 e. The number of thiophene rings is 1. The van der Waals surface area contributed by atoms with Gasteiger partial charge in [0.2, 0.25) is 0 Å². The Bertz CT molecular complexity index is 688. The van der Waals surface area contributed by atoms with Crippen LogP contribution in [0.1, 0.15) is 44.1 Å². The third-order valence-corrected chi connectivity index (χ3v) is 4.91. The molecule has 0 amide bonds. The average molecular weight is 297 g/mol. The van der Waals surface area contributed by atoms with E-state index in [1.165, 1.54) is 23.3 Å². The molecule has 2 aromatic rings. The Balaban J connectivity index is 1.69. The number of carbonyl (C=O) groups excluding carboxylic acids is 1. The monoisotopic (exact) mass is 297 g/mol. The molecule has 1 aliphatic rings. The zero-order chi connectivity index (χ0) is 14.7. The van der Waals surface area contributed by atoms with Gasteiger partial charge in [-0.2, -0.15) is 5.26 Å². The van der Waals surface area contributed by atoms with Crippen molar-refractivity contribution >= 4 is 17.3 Å². The second kappa shape index (κ2) is 6.11. The van der Waals surface area contributed by atoms with Gasteiger partial charge in [0.25, 0.3) is 0 Å². The number of hydrogen-bond donors (Lipinski definition) is 0. The fourth-order valence-corrected chi connectivity index (χ4v) is 3.71. The quantitative estimate of drug-likeness (QED) is 0.808. The Hall–Kier alpha value is -2.12. The number of fused-ring (bicyclic) bond motifs is 1. The highest BCUT2D eigenvalue weighted by molar-refractivity contribution is 7.14. The zero-order valence-electron chi connectivity index (χ0n) is 11.6. The lowest BCUT2D eigenvalue weighted by molar-refractivity contribution is 0.0478. The van der Waals surface area contributed by atoms with Gasteiger partial charge in [-0.25, -0.2) is 4.79 Å². The lowest BCUT2D eigenvalue weighted by atomic mass is 9.99. The number of ether oxygens (including phenoxy) is 1. The molecule has 21 heavy (non-hydrogen) atoms. The molecule has 0 bridgehead atoms. The smallest absolute Gasteiger partial charge is 0.348 e. The fourth-order valence-electron chi connectivity index (χ4n) is 2.56. The van der Waals surface area contributed by atoms with E-state index in [-0.39, 0.29) is 12.6 Å². The fraction of sp³-hybridized carbons (Fsp3) is 0.294. The molecule has 0 atom stereocenters. The molecule has 0 aliphatic heterocycles. The summed E-state index contributed by atoms with van der Waals surface area (Å²) in [5, 5.41) is 9.02. The summed E-state index contributed by atoms with van der Waals surface area (Å²) in [6, 6.07) is 11.3. The molecular formula is C17H15NO2S. The Labute approximate surface area is 127 Å². The number of aryl methyl sites for hydroxylation is 2. The van der Waals surface area contributed by atoms with Gasteiger partial charge in [0, 0.05) is 10.4 Å². The van der Waals surface area contributed by atoms with E-state index >= 15 is 0 Å². The maximum absolute atomic E-state index is 12.1. The van der Waals surface area contributed by atoms with Gasteiger partial charge in [-0.15, -0.1) is 11.3 Å². The molecule has 1 aromatic carbocycles. The predicted octanol–water partition coefficient (Wildman–Crippen LogP) is 3.86. The summed E-state index contributed by atoms with van der Waals surface area (Å²) >= 11 is 1.55. The highest BCUT2D eigenvalue weighted by Gasteiger charge is 2.18. The van der Waals surface area contributed by atoms with Crippen LogP contribution in [-0.2, 0) is 24.2 Å². The number of hydrogen-bond acceptors (Lipinski definition) is 4. The van der Waals surface area contributed by atoms with E-state index in [1.807, 2.05) is 18.2 Å². The topological polar surface area (TPSA) is 50.1 Å². The van der Waals surface area contributed by atoms with Crippen LogP contribution in [0.3, 0.4) is 0 Å². The Kier molecular flexibility index (Phi) is 4.03. The van der Waals surface area contributed by atoms with E-state index < -0.39 is 0 Å². The van der Waals surface area contributed by atoms with Gasteiger partial charge in [0.05, 0.1) is 11.6 Å². The highest BCUT2D eigenvalue weighted by Crippen LogP contribution is 2.30. The minimum Gasteiger partial charge on any atom is -0.457 e. The van der Waals surface area contributed by atoms with Crippen LogP contribution in [0.15, 0.2) is 30.3 Å². The van der Waals surface area contributed by atoms with Crippen molar-refractivity contribution in [3.05, 3.63) is 56.8 Å². The number of nitriles is 1. The van der Waals surface area contributed by atoms with Gasteiger partial charge in [-0.05, 0) is 43.4 Å². The molecule has 106 valence electrons. The van der Waals surface area contributed by atoms with Crippen LogP contribution in [0.5, 0.6) is 0 Å². The molecule has 1 aromatic heterocycles. The summed E-state index contributed by atoms with van der Waals surface area (Å²) in [5.41, 5.74) is 2.60. The van der Waals surface area contributed by atoms with E-state index in [0.29, 0.717) is 10.4 Å². The first-order valence-electron chi connectivity index (χ1n) is 7.04. The lowest BCUT2D eigenvalue weighted by Gasteiger charge is -2.08. The molecule has 0 unspecified atom stereocenters. The van der Waals surface area contributed by atoms with E-state index in [9.17, 15) is 4.79 Å². The number of rotatable bonds is 3. The maximum Gasteiger partial charge on any atom is 0.348 e. The Morgan fingerprint density at radius 1 is 1.29 bits per heavy atom. The number of esters is 1. The Morgan fingerprint density at radius 2 is 2.10 bits per heavy atom. The molecule has 3 nitrogen and oxygen atoms in total. The standard InChI is InChI=1S/C17H15NO2S/c18-10-13-6-1-2-7-14(13)11-20-17(19)16-9-12-5-3-4-8-15(12)21-16/h1-2,6-7,9H,3-5,8,11H2. The van der Waals surface area contributed by atoms with Gasteiger partial charge in [-0.1, -0.05) is 18.2 Å². The van der Waals surface area contributed by atoms with Crippen molar-refractivity contribution < 1.29 is 9.53 Å². The van der Waals surface area contributed by atoms with Crippen LogP contribution in [0, 0.1) is 11.3 Å². The zero-order valence-corrected chi connectivity index (χ0v) is 12.4. The number of benzene rings is 1. The van der Waals surface area contributed by atoms with Crippen LogP contribution in [0.25, 0.3) is 0 Å². The van der Waals surface area contributed by atoms with Crippen molar-refractivity contribution in [2.75, 3.05) is 0 Å². The van der Waals surface area contributed by atoms with Gasteiger partial charge in [0.1, 0.15) is 11.5 Å². The van der Waals surface area contributed by atoms with E-state index in [1.54, 1.807) is 23.5 Å². The van der Waals surface area contributed by atoms with Crippen molar-refractivity contribution in [3.63, 3.8) is 0 Å². The first-order valence-corrected chi connectivity index (χ1v) is 7.86.